The first-order valence-corrected chi connectivity index (χ1v) is 5.34. The van der Waals surface area contributed by atoms with Crippen molar-refractivity contribution in [1.82, 2.24) is 14.7 Å². The van der Waals surface area contributed by atoms with E-state index in [1.54, 1.807) is 40.2 Å². The summed E-state index contributed by atoms with van der Waals surface area (Å²) in [4.78, 5) is 24.3. The summed E-state index contributed by atoms with van der Waals surface area (Å²) in [7, 11) is 3.29. The van der Waals surface area contributed by atoms with Crippen LogP contribution in [0.3, 0.4) is 0 Å². The Balaban J connectivity index is 2.63. The molecule has 6 heteroatoms. The number of nitrogens with zero attached hydrogens (tertiary/aromatic N) is 3. The minimum absolute atomic E-state index is 0.0128. The molecule has 0 aliphatic carbocycles. The molecule has 0 radical (unpaired) electrons. The molecule has 1 amide bonds. The highest BCUT2D eigenvalue weighted by atomic mass is 16.5. The summed E-state index contributed by atoms with van der Waals surface area (Å²) in [6.45, 7) is 3.57. The molecule has 0 aromatic carbocycles. The zero-order valence-corrected chi connectivity index (χ0v) is 10.5. The highest BCUT2D eigenvalue weighted by Gasteiger charge is 2.13. The van der Waals surface area contributed by atoms with Crippen LogP contribution in [0.4, 0.5) is 0 Å². The fraction of sp³-hybridized carbons (Fsp3) is 0.545. The van der Waals surface area contributed by atoms with Crippen molar-refractivity contribution in [2.24, 2.45) is 0 Å². The van der Waals surface area contributed by atoms with Gasteiger partial charge in [-0.25, -0.2) is 0 Å². The molecule has 1 rings (SSSR count). The van der Waals surface area contributed by atoms with Crippen molar-refractivity contribution in [2.75, 3.05) is 14.1 Å². The van der Waals surface area contributed by atoms with E-state index in [-0.39, 0.29) is 24.5 Å². The minimum atomic E-state index is -0.369. The molecule has 0 saturated carbocycles. The van der Waals surface area contributed by atoms with Crippen molar-refractivity contribution < 1.29 is 14.3 Å². The second-order valence-corrected chi connectivity index (χ2v) is 4.14. The Morgan fingerprint density at radius 3 is 2.65 bits per heavy atom. The first-order chi connectivity index (χ1) is 7.90. The summed E-state index contributed by atoms with van der Waals surface area (Å²) in [6, 6.07) is 1.57. The molecule has 0 fully saturated rings. The maximum absolute atomic E-state index is 11.6. The number of esters is 1. The van der Waals surface area contributed by atoms with E-state index in [4.69, 9.17) is 4.74 Å². The van der Waals surface area contributed by atoms with E-state index in [9.17, 15) is 9.59 Å². The van der Waals surface area contributed by atoms with Crippen molar-refractivity contribution in [1.29, 1.82) is 0 Å². The van der Waals surface area contributed by atoms with Gasteiger partial charge < -0.3 is 9.64 Å². The third kappa shape index (κ3) is 3.90. The van der Waals surface area contributed by atoms with Gasteiger partial charge in [-0.15, -0.1) is 0 Å². The topological polar surface area (TPSA) is 64.4 Å². The van der Waals surface area contributed by atoms with Gasteiger partial charge in [-0.3, -0.25) is 14.3 Å². The number of hydrogen-bond donors (Lipinski definition) is 0. The molecule has 1 aromatic rings. The molecule has 0 N–H and O–H groups in total. The predicted octanol–water partition coefficient (Wildman–Crippen LogP) is 0.536. The average molecular weight is 239 g/mol. The number of hydrogen-bond acceptors (Lipinski definition) is 4. The Labute approximate surface area is 100 Å². The zero-order valence-electron chi connectivity index (χ0n) is 10.5. The number of amides is 1. The van der Waals surface area contributed by atoms with Crippen LogP contribution in [0.1, 0.15) is 24.3 Å². The lowest BCUT2D eigenvalue weighted by atomic mass is 10.4. The molecular weight excluding hydrogens is 222 g/mol. The standard InChI is InChI=1S/C11H17N3O3/c1-8(2)17-10(15)7-14-6-5-9(12-14)11(16)13(3)4/h5-6,8H,7H2,1-4H3. The van der Waals surface area contributed by atoms with Crippen molar-refractivity contribution in [2.45, 2.75) is 26.5 Å². The number of carbonyl (C=O) groups is 2. The fourth-order valence-electron chi connectivity index (χ4n) is 1.23. The SMILES string of the molecule is CC(C)OC(=O)Cn1ccc(C(=O)N(C)C)n1. The molecule has 94 valence electrons. The Morgan fingerprint density at radius 1 is 1.47 bits per heavy atom. The third-order valence-corrected chi connectivity index (χ3v) is 1.92. The first kappa shape index (κ1) is 13.2. The molecule has 1 heterocycles. The van der Waals surface area contributed by atoms with Gasteiger partial charge in [-0.2, -0.15) is 5.10 Å². The lowest BCUT2D eigenvalue weighted by Crippen LogP contribution is -2.23. The summed E-state index contributed by atoms with van der Waals surface area (Å²) in [6.07, 6.45) is 1.43. The van der Waals surface area contributed by atoms with Crippen molar-refractivity contribution in [3.8, 4) is 0 Å². The number of aromatic nitrogens is 2. The summed E-state index contributed by atoms with van der Waals surface area (Å²) >= 11 is 0. The average Bonchev–Trinajstić information content (AvgIpc) is 2.63. The van der Waals surface area contributed by atoms with Crippen LogP contribution >= 0.6 is 0 Å². The van der Waals surface area contributed by atoms with Crippen LogP contribution in [0.25, 0.3) is 0 Å². The molecule has 17 heavy (non-hydrogen) atoms. The Hall–Kier alpha value is -1.85. The predicted molar refractivity (Wildman–Crippen MR) is 61.5 cm³/mol. The van der Waals surface area contributed by atoms with E-state index < -0.39 is 0 Å². The largest absolute Gasteiger partial charge is 0.462 e. The van der Waals surface area contributed by atoms with E-state index in [0.717, 1.165) is 0 Å². The van der Waals surface area contributed by atoms with Gasteiger partial charge in [-0.05, 0) is 19.9 Å². The molecule has 0 atom stereocenters. The molecule has 0 saturated heterocycles. The number of rotatable bonds is 4. The van der Waals surface area contributed by atoms with E-state index in [1.807, 2.05) is 0 Å². The number of ether oxygens (including phenoxy) is 1. The highest BCUT2D eigenvalue weighted by Crippen LogP contribution is 2.00. The summed E-state index contributed by atoms with van der Waals surface area (Å²) in [5.74, 6) is -0.562. The van der Waals surface area contributed by atoms with E-state index in [0.29, 0.717) is 5.69 Å². The Kier molecular flexibility index (Phi) is 4.25. The highest BCUT2D eigenvalue weighted by molar-refractivity contribution is 5.91. The van der Waals surface area contributed by atoms with Gasteiger partial charge in [0.15, 0.2) is 0 Å². The van der Waals surface area contributed by atoms with E-state index in [1.165, 1.54) is 9.58 Å². The molecule has 6 nitrogen and oxygen atoms in total. The quantitative estimate of drug-likeness (QED) is 0.719. The minimum Gasteiger partial charge on any atom is -0.462 e. The second kappa shape index (κ2) is 5.47. The van der Waals surface area contributed by atoms with Gasteiger partial charge in [0.1, 0.15) is 12.2 Å². The number of carbonyl (C=O) groups excluding carboxylic acids is 2. The molecule has 0 unspecified atom stereocenters. The first-order valence-electron chi connectivity index (χ1n) is 5.34. The molecular formula is C11H17N3O3. The lowest BCUT2D eigenvalue weighted by Gasteiger charge is -2.08. The van der Waals surface area contributed by atoms with Crippen LogP contribution in [0.2, 0.25) is 0 Å². The maximum atomic E-state index is 11.6. The van der Waals surface area contributed by atoms with Gasteiger partial charge in [0, 0.05) is 20.3 Å². The summed E-state index contributed by atoms with van der Waals surface area (Å²) in [5.41, 5.74) is 0.312. The molecule has 0 bridgehead atoms. The molecule has 0 spiro atoms. The van der Waals surface area contributed by atoms with Gasteiger partial charge in [0.05, 0.1) is 6.10 Å². The second-order valence-electron chi connectivity index (χ2n) is 4.14. The zero-order chi connectivity index (χ0) is 13.0. The van der Waals surface area contributed by atoms with Gasteiger partial charge in [0.2, 0.25) is 0 Å². The molecule has 0 aliphatic rings. The Morgan fingerprint density at radius 2 is 2.12 bits per heavy atom. The monoisotopic (exact) mass is 239 g/mol. The Bertz CT molecular complexity index is 410. The van der Waals surface area contributed by atoms with Crippen LogP contribution in [-0.4, -0.2) is 46.8 Å². The van der Waals surface area contributed by atoms with Crippen molar-refractivity contribution in [3.63, 3.8) is 0 Å². The summed E-state index contributed by atoms with van der Waals surface area (Å²) < 4.78 is 6.37. The summed E-state index contributed by atoms with van der Waals surface area (Å²) in [5, 5.41) is 4.00. The van der Waals surface area contributed by atoms with Gasteiger partial charge in [0.25, 0.3) is 5.91 Å². The van der Waals surface area contributed by atoms with E-state index in [2.05, 4.69) is 5.10 Å². The lowest BCUT2D eigenvalue weighted by molar-refractivity contribution is -0.148. The maximum Gasteiger partial charge on any atom is 0.328 e. The van der Waals surface area contributed by atoms with Crippen LogP contribution in [-0.2, 0) is 16.1 Å². The third-order valence-electron chi connectivity index (χ3n) is 1.92. The smallest absolute Gasteiger partial charge is 0.328 e. The van der Waals surface area contributed by atoms with Crippen LogP contribution in [0, 0.1) is 0 Å². The van der Waals surface area contributed by atoms with Gasteiger partial charge in [-0.1, -0.05) is 0 Å². The van der Waals surface area contributed by atoms with Crippen LogP contribution in [0.5, 0.6) is 0 Å². The van der Waals surface area contributed by atoms with Gasteiger partial charge >= 0.3 is 5.97 Å². The van der Waals surface area contributed by atoms with E-state index >= 15 is 0 Å². The fourth-order valence-corrected chi connectivity index (χ4v) is 1.23. The molecule has 1 aromatic heterocycles. The normalized spacial score (nSPS) is 10.4. The van der Waals surface area contributed by atoms with Crippen molar-refractivity contribution in [3.05, 3.63) is 18.0 Å². The van der Waals surface area contributed by atoms with Crippen LogP contribution < -0.4 is 0 Å². The molecule has 0 aliphatic heterocycles. The van der Waals surface area contributed by atoms with Crippen LogP contribution in [0.15, 0.2) is 12.3 Å². The van der Waals surface area contributed by atoms with Crippen molar-refractivity contribution >= 4 is 11.9 Å².